The van der Waals surface area contributed by atoms with E-state index in [-0.39, 0.29) is 11.5 Å². The lowest BCUT2D eigenvalue weighted by molar-refractivity contribution is -0.119. The van der Waals surface area contributed by atoms with Crippen molar-refractivity contribution >= 4 is 11.6 Å². The molecule has 4 nitrogen and oxygen atoms in total. The Hall–Kier alpha value is -2.09. The fraction of sp³-hybridized carbons (Fsp3) is 0.333. The topological polar surface area (TPSA) is 78.9 Å². The van der Waals surface area contributed by atoms with E-state index in [1.807, 2.05) is 19.9 Å². The summed E-state index contributed by atoms with van der Waals surface area (Å²) in [5.74, 6) is -1.02. The molecule has 1 amide bonds. The highest BCUT2D eigenvalue weighted by Gasteiger charge is 2.20. The van der Waals surface area contributed by atoms with Crippen molar-refractivity contribution in [1.82, 2.24) is 0 Å². The second-order valence-electron chi connectivity index (χ2n) is 4.07. The van der Waals surface area contributed by atoms with Gasteiger partial charge >= 0.3 is 0 Å². The molecule has 0 fully saturated rings. The molecule has 3 N–H and O–H groups in total. The predicted molar refractivity (Wildman–Crippen MR) is 62.6 cm³/mol. The molecule has 5 heteroatoms. The number of halogens is 1. The van der Waals surface area contributed by atoms with Gasteiger partial charge < -0.3 is 11.1 Å². The smallest absolute Gasteiger partial charge is 0.240 e. The van der Waals surface area contributed by atoms with Gasteiger partial charge in [-0.25, -0.2) is 4.39 Å². The number of hydrogen-bond acceptors (Lipinski definition) is 3. The zero-order chi connectivity index (χ0) is 13.0. The second kappa shape index (κ2) is 5.30. The van der Waals surface area contributed by atoms with E-state index in [1.54, 1.807) is 0 Å². The molecular formula is C12H14FN3O. The number of primary amides is 1. The Labute approximate surface area is 99.2 Å². The predicted octanol–water partition coefficient (Wildman–Crippen LogP) is 1.62. The number of nitrogens with two attached hydrogens (primary N) is 1. The van der Waals surface area contributed by atoms with Crippen molar-refractivity contribution < 1.29 is 9.18 Å². The standard InChI is InChI=1S/C12H14FN3O/c1-7(2)11(12(15)17)16-10-4-3-9(13)5-8(10)6-14/h3-5,7,11,16H,1-2H3,(H2,15,17). The third-order valence-electron chi connectivity index (χ3n) is 2.39. The molecule has 0 heterocycles. The minimum absolute atomic E-state index is 0.0240. The van der Waals surface area contributed by atoms with Crippen LogP contribution in [0.15, 0.2) is 18.2 Å². The molecule has 1 aromatic carbocycles. The fourth-order valence-corrected chi connectivity index (χ4v) is 1.47. The summed E-state index contributed by atoms with van der Waals surface area (Å²) in [4.78, 5) is 11.2. The maximum atomic E-state index is 12.9. The molecule has 90 valence electrons. The summed E-state index contributed by atoms with van der Waals surface area (Å²) >= 11 is 0. The van der Waals surface area contributed by atoms with Crippen molar-refractivity contribution in [2.24, 2.45) is 11.7 Å². The highest BCUT2D eigenvalue weighted by Crippen LogP contribution is 2.18. The zero-order valence-electron chi connectivity index (χ0n) is 9.70. The number of carbonyl (C=O) groups is 1. The van der Waals surface area contributed by atoms with Gasteiger partial charge in [0.1, 0.15) is 17.9 Å². The van der Waals surface area contributed by atoms with Gasteiger partial charge in [-0.2, -0.15) is 5.26 Å². The van der Waals surface area contributed by atoms with Crippen LogP contribution in [-0.4, -0.2) is 11.9 Å². The molecule has 1 atom stereocenters. The van der Waals surface area contributed by atoms with Crippen LogP contribution in [0.1, 0.15) is 19.4 Å². The van der Waals surface area contributed by atoms with E-state index in [1.165, 1.54) is 12.1 Å². The number of hydrogen-bond donors (Lipinski definition) is 2. The Morgan fingerprint density at radius 1 is 1.53 bits per heavy atom. The van der Waals surface area contributed by atoms with E-state index < -0.39 is 17.8 Å². The van der Waals surface area contributed by atoms with E-state index in [9.17, 15) is 9.18 Å². The molecule has 0 radical (unpaired) electrons. The minimum Gasteiger partial charge on any atom is -0.372 e. The number of nitriles is 1. The second-order valence-corrected chi connectivity index (χ2v) is 4.07. The van der Waals surface area contributed by atoms with Crippen LogP contribution in [0, 0.1) is 23.1 Å². The average Bonchev–Trinajstić information content (AvgIpc) is 2.26. The summed E-state index contributed by atoms with van der Waals surface area (Å²) in [5.41, 5.74) is 5.81. The van der Waals surface area contributed by atoms with Crippen LogP contribution in [-0.2, 0) is 4.79 Å². The first-order valence-corrected chi connectivity index (χ1v) is 5.21. The maximum absolute atomic E-state index is 12.9. The van der Waals surface area contributed by atoms with Crippen molar-refractivity contribution in [3.63, 3.8) is 0 Å². The van der Waals surface area contributed by atoms with Crippen LogP contribution in [0.5, 0.6) is 0 Å². The van der Waals surface area contributed by atoms with E-state index in [0.717, 1.165) is 6.07 Å². The molecule has 0 aliphatic heterocycles. The Kier molecular flexibility index (Phi) is 4.05. The molecule has 0 aliphatic rings. The number of rotatable bonds is 4. The van der Waals surface area contributed by atoms with Gasteiger partial charge in [-0.1, -0.05) is 13.8 Å². The number of anilines is 1. The van der Waals surface area contributed by atoms with Crippen LogP contribution >= 0.6 is 0 Å². The Morgan fingerprint density at radius 2 is 2.18 bits per heavy atom. The lowest BCUT2D eigenvalue weighted by Crippen LogP contribution is -2.39. The molecular weight excluding hydrogens is 221 g/mol. The largest absolute Gasteiger partial charge is 0.372 e. The van der Waals surface area contributed by atoms with Gasteiger partial charge in [0, 0.05) is 0 Å². The SMILES string of the molecule is CC(C)C(Nc1ccc(F)cc1C#N)C(N)=O. The lowest BCUT2D eigenvalue weighted by Gasteiger charge is -2.20. The van der Waals surface area contributed by atoms with Gasteiger partial charge in [0.05, 0.1) is 11.3 Å². The van der Waals surface area contributed by atoms with E-state index in [4.69, 9.17) is 11.0 Å². The van der Waals surface area contributed by atoms with Crippen LogP contribution in [0.2, 0.25) is 0 Å². The number of amides is 1. The number of nitrogens with one attached hydrogen (secondary N) is 1. The molecule has 0 aliphatic carbocycles. The highest BCUT2D eigenvalue weighted by atomic mass is 19.1. The maximum Gasteiger partial charge on any atom is 0.240 e. The van der Waals surface area contributed by atoms with Crippen molar-refractivity contribution in [2.45, 2.75) is 19.9 Å². The normalized spacial score (nSPS) is 11.9. The molecule has 17 heavy (non-hydrogen) atoms. The highest BCUT2D eigenvalue weighted by molar-refractivity contribution is 5.83. The molecule has 1 rings (SSSR count). The van der Waals surface area contributed by atoms with Crippen LogP contribution < -0.4 is 11.1 Å². The molecule has 0 bridgehead atoms. The van der Waals surface area contributed by atoms with Gasteiger partial charge in [0.2, 0.25) is 5.91 Å². The number of carbonyl (C=O) groups excluding carboxylic acids is 1. The van der Waals surface area contributed by atoms with Gasteiger partial charge in [0.25, 0.3) is 0 Å². The van der Waals surface area contributed by atoms with Crippen molar-refractivity contribution in [3.8, 4) is 6.07 Å². The Bertz CT molecular complexity index is 465. The minimum atomic E-state index is -0.590. The Morgan fingerprint density at radius 3 is 2.65 bits per heavy atom. The molecule has 0 saturated carbocycles. The molecule has 1 aromatic rings. The Balaban J connectivity index is 3.02. The number of nitrogens with zero attached hydrogens (tertiary/aromatic N) is 1. The summed E-state index contributed by atoms with van der Waals surface area (Å²) in [6.07, 6.45) is 0. The molecule has 1 unspecified atom stereocenters. The van der Waals surface area contributed by atoms with E-state index >= 15 is 0 Å². The van der Waals surface area contributed by atoms with Crippen molar-refractivity contribution in [1.29, 1.82) is 5.26 Å². The van der Waals surface area contributed by atoms with Crippen LogP contribution in [0.4, 0.5) is 10.1 Å². The lowest BCUT2D eigenvalue weighted by atomic mass is 10.0. The molecule has 0 saturated heterocycles. The van der Waals surface area contributed by atoms with E-state index in [2.05, 4.69) is 5.32 Å². The van der Waals surface area contributed by atoms with Crippen molar-refractivity contribution in [3.05, 3.63) is 29.6 Å². The fourth-order valence-electron chi connectivity index (χ4n) is 1.47. The molecule has 0 spiro atoms. The third kappa shape index (κ3) is 3.18. The van der Waals surface area contributed by atoms with Crippen LogP contribution in [0.25, 0.3) is 0 Å². The average molecular weight is 235 g/mol. The first-order valence-electron chi connectivity index (χ1n) is 5.21. The molecule has 0 aromatic heterocycles. The first-order chi connectivity index (χ1) is 7.95. The summed E-state index contributed by atoms with van der Waals surface area (Å²) in [5, 5.41) is 11.7. The van der Waals surface area contributed by atoms with Gasteiger partial charge in [-0.3, -0.25) is 4.79 Å². The summed E-state index contributed by atoms with van der Waals surface area (Å²) < 4.78 is 12.9. The third-order valence-corrected chi connectivity index (χ3v) is 2.39. The number of benzene rings is 1. The first kappa shape index (κ1) is 13.0. The summed E-state index contributed by atoms with van der Waals surface area (Å²) in [7, 11) is 0. The van der Waals surface area contributed by atoms with Crippen LogP contribution in [0.3, 0.4) is 0 Å². The summed E-state index contributed by atoms with van der Waals surface area (Å²) in [6.45, 7) is 3.66. The van der Waals surface area contributed by atoms with Gasteiger partial charge in [-0.15, -0.1) is 0 Å². The monoisotopic (exact) mass is 235 g/mol. The quantitative estimate of drug-likeness (QED) is 0.832. The zero-order valence-corrected chi connectivity index (χ0v) is 9.70. The van der Waals surface area contributed by atoms with E-state index in [0.29, 0.717) is 5.69 Å². The summed E-state index contributed by atoms with van der Waals surface area (Å²) in [6, 6.07) is 5.03. The van der Waals surface area contributed by atoms with Crippen molar-refractivity contribution in [2.75, 3.05) is 5.32 Å². The van der Waals surface area contributed by atoms with Gasteiger partial charge in [0.15, 0.2) is 0 Å². The van der Waals surface area contributed by atoms with Gasteiger partial charge in [-0.05, 0) is 24.1 Å².